The van der Waals surface area contributed by atoms with E-state index >= 15 is 0 Å². The topological polar surface area (TPSA) is 38.8 Å². The smallest absolute Gasteiger partial charge is 0.305 e. The third kappa shape index (κ3) is 7.70. The SMILES string of the molecule is CCC(CC)COC(=O)CCCCCCC1CO1. The molecule has 0 saturated carbocycles. The highest BCUT2D eigenvalue weighted by Gasteiger charge is 2.20. The van der Waals surface area contributed by atoms with Gasteiger partial charge in [0.1, 0.15) is 0 Å². The van der Waals surface area contributed by atoms with Crippen LogP contribution >= 0.6 is 0 Å². The van der Waals surface area contributed by atoms with Crippen LogP contribution in [0.2, 0.25) is 0 Å². The van der Waals surface area contributed by atoms with Crippen LogP contribution in [-0.4, -0.2) is 25.3 Å². The molecule has 3 heteroatoms. The Labute approximate surface area is 111 Å². The first-order valence-corrected chi connectivity index (χ1v) is 7.53. The average Bonchev–Trinajstić information content (AvgIpc) is 3.19. The molecule has 106 valence electrons. The monoisotopic (exact) mass is 256 g/mol. The lowest BCUT2D eigenvalue weighted by Gasteiger charge is -2.12. The van der Waals surface area contributed by atoms with E-state index in [1.165, 1.54) is 19.3 Å². The number of epoxide rings is 1. The second kappa shape index (κ2) is 9.37. The fourth-order valence-electron chi connectivity index (χ4n) is 2.04. The molecular weight excluding hydrogens is 228 g/mol. The summed E-state index contributed by atoms with van der Waals surface area (Å²) in [5.41, 5.74) is 0. The van der Waals surface area contributed by atoms with Crippen molar-refractivity contribution >= 4 is 5.97 Å². The van der Waals surface area contributed by atoms with Crippen LogP contribution < -0.4 is 0 Å². The van der Waals surface area contributed by atoms with Gasteiger partial charge in [0.2, 0.25) is 0 Å². The number of carbonyl (C=O) groups excluding carboxylic acids is 1. The van der Waals surface area contributed by atoms with Crippen molar-refractivity contribution in [3.63, 3.8) is 0 Å². The van der Waals surface area contributed by atoms with E-state index in [0.717, 1.165) is 32.3 Å². The summed E-state index contributed by atoms with van der Waals surface area (Å²) in [7, 11) is 0. The highest BCUT2D eigenvalue weighted by atomic mass is 16.6. The summed E-state index contributed by atoms with van der Waals surface area (Å²) in [4.78, 5) is 11.5. The van der Waals surface area contributed by atoms with Gasteiger partial charge in [-0.3, -0.25) is 4.79 Å². The number of esters is 1. The van der Waals surface area contributed by atoms with Gasteiger partial charge in [-0.15, -0.1) is 0 Å². The number of hydrogen-bond donors (Lipinski definition) is 0. The van der Waals surface area contributed by atoms with Gasteiger partial charge in [0.25, 0.3) is 0 Å². The molecule has 0 aromatic carbocycles. The minimum absolute atomic E-state index is 0.0209. The van der Waals surface area contributed by atoms with Gasteiger partial charge in [-0.05, 0) is 18.8 Å². The molecule has 1 unspecified atom stereocenters. The molecule has 1 aliphatic heterocycles. The zero-order chi connectivity index (χ0) is 13.2. The Balaban J connectivity index is 1.86. The third-order valence-electron chi connectivity index (χ3n) is 3.69. The Morgan fingerprint density at radius 1 is 1.22 bits per heavy atom. The molecule has 18 heavy (non-hydrogen) atoms. The second-order valence-electron chi connectivity index (χ2n) is 5.27. The van der Waals surface area contributed by atoms with Crippen molar-refractivity contribution in [2.75, 3.05) is 13.2 Å². The molecule has 0 bridgehead atoms. The van der Waals surface area contributed by atoms with Gasteiger partial charge in [-0.25, -0.2) is 0 Å². The van der Waals surface area contributed by atoms with Crippen molar-refractivity contribution in [1.29, 1.82) is 0 Å². The van der Waals surface area contributed by atoms with Crippen LogP contribution in [-0.2, 0) is 14.3 Å². The van der Waals surface area contributed by atoms with E-state index < -0.39 is 0 Å². The lowest BCUT2D eigenvalue weighted by Crippen LogP contribution is -2.12. The van der Waals surface area contributed by atoms with E-state index in [9.17, 15) is 4.79 Å². The predicted octanol–water partition coefficient (Wildman–Crippen LogP) is 3.71. The van der Waals surface area contributed by atoms with Gasteiger partial charge >= 0.3 is 5.97 Å². The number of ether oxygens (including phenoxy) is 2. The fraction of sp³-hybridized carbons (Fsp3) is 0.933. The molecule has 0 spiro atoms. The normalized spacial score (nSPS) is 18.1. The maximum atomic E-state index is 11.5. The van der Waals surface area contributed by atoms with Crippen molar-refractivity contribution in [1.82, 2.24) is 0 Å². The zero-order valence-electron chi connectivity index (χ0n) is 12.0. The molecule has 1 saturated heterocycles. The highest BCUT2D eigenvalue weighted by molar-refractivity contribution is 5.69. The minimum Gasteiger partial charge on any atom is -0.465 e. The standard InChI is InChI=1S/C15H28O3/c1-3-13(4-2)11-18-15(16)10-8-6-5-7-9-14-12-17-14/h13-14H,3-12H2,1-2H3. The van der Waals surface area contributed by atoms with Crippen LogP contribution in [0.4, 0.5) is 0 Å². The van der Waals surface area contributed by atoms with Gasteiger partial charge in [-0.1, -0.05) is 46.0 Å². The Hall–Kier alpha value is -0.570. The van der Waals surface area contributed by atoms with Crippen molar-refractivity contribution in [3.8, 4) is 0 Å². The first-order valence-electron chi connectivity index (χ1n) is 7.53. The van der Waals surface area contributed by atoms with Gasteiger partial charge in [0, 0.05) is 6.42 Å². The fourth-order valence-corrected chi connectivity index (χ4v) is 2.04. The first-order chi connectivity index (χ1) is 8.76. The number of rotatable bonds is 11. The van der Waals surface area contributed by atoms with E-state index in [0.29, 0.717) is 25.0 Å². The molecule has 1 atom stereocenters. The van der Waals surface area contributed by atoms with Crippen LogP contribution in [0.1, 0.15) is 65.2 Å². The van der Waals surface area contributed by atoms with E-state index in [1.54, 1.807) is 0 Å². The van der Waals surface area contributed by atoms with Crippen LogP contribution in [0.15, 0.2) is 0 Å². The summed E-state index contributed by atoms with van der Waals surface area (Å²) in [5.74, 6) is 0.514. The molecule has 0 N–H and O–H groups in total. The van der Waals surface area contributed by atoms with Crippen LogP contribution in [0.5, 0.6) is 0 Å². The van der Waals surface area contributed by atoms with Crippen LogP contribution in [0, 0.1) is 5.92 Å². The Kier molecular flexibility index (Phi) is 8.06. The van der Waals surface area contributed by atoms with Crippen molar-refractivity contribution in [2.24, 2.45) is 5.92 Å². The van der Waals surface area contributed by atoms with Gasteiger partial charge < -0.3 is 9.47 Å². The van der Waals surface area contributed by atoms with Crippen molar-refractivity contribution < 1.29 is 14.3 Å². The Morgan fingerprint density at radius 2 is 1.89 bits per heavy atom. The van der Waals surface area contributed by atoms with Crippen LogP contribution in [0.25, 0.3) is 0 Å². The molecule has 0 amide bonds. The van der Waals surface area contributed by atoms with Crippen LogP contribution in [0.3, 0.4) is 0 Å². The zero-order valence-corrected chi connectivity index (χ0v) is 12.0. The Morgan fingerprint density at radius 3 is 2.50 bits per heavy atom. The summed E-state index contributed by atoms with van der Waals surface area (Å²) < 4.78 is 10.4. The molecule has 0 aromatic heterocycles. The van der Waals surface area contributed by atoms with E-state index in [1.807, 2.05) is 0 Å². The molecule has 1 heterocycles. The molecule has 0 aliphatic carbocycles. The summed E-state index contributed by atoms with van der Waals surface area (Å²) in [6.45, 7) is 5.85. The minimum atomic E-state index is -0.0209. The van der Waals surface area contributed by atoms with E-state index in [4.69, 9.17) is 9.47 Å². The van der Waals surface area contributed by atoms with Gasteiger partial charge in [0.05, 0.1) is 19.3 Å². The molecular formula is C15H28O3. The molecule has 1 fully saturated rings. The molecule has 1 rings (SSSR count). The third-order valence-corrected chi connectivity index (χ3v) is 3.69. The molecule has 3 nitrogen and oxygen atoms in total. The Bertz CT molecular complexity index is 220. The van der Waals surface area contributed by atoms with E-state index in [2.05, 4.69) is 13.8 Å². The van der Waals surface area contributed by atoms with Gasteiger partial charge in [-0.2, -0.15) is 0 Å². The maximum Gasteiger partial charge on any atom is 0.305 e. The molecule has 0 aromatic rings. The first kappa shape index (κ1) is 15.5. The number of unbranched alkanes of at least 4 members (excludes halogenated alkanes) is 3. The van der Waals surface area contributed by atoms with E-state index in [-0.39, 0.29) is 5.97 Å². The quantitative estimate of drug-likeness (QED) is 0.321. The van der Waals surface area contributed by atoms with Crippen molar-refractivity contribution in [3.05, 3.63) is 0 Å². The number of hydrogen-bond acceptors (Lipinski definition) is 3. The lowest BCUT2D eigenvalue weighted by atomic mass is 10.1. The average molecular weight is 256 g/mol. The largest absolute Gasteiger partial charge is 0.465 e. The molecule has 0 radical (unpaired) electrons. The van der Waals surface area contributed by atoms with Gasteiger partial charge in [0.15, 0.2) is 0 Å². The molecule has 1 aliphatic rings. The lowest BCUT2D eigenvalue weighted by molar-refractivity contribution is -0.145. The summed E-state index contributed by atoms with van der Waals surface area (Å²) in [5, 5.41) is 0. The highest BCUT2D eigenvalue weighted by Crippen LogP contribution is 2.18. The summed E-state index contributed by atoms with van der Waals surface area (Å²) in [6, 6.07) is 0. The number of carbonyl (C=O) groups is 1. The summed E-state index contributed by atoms with van der Waals surface area (Å²) >= 11 is 0. The van der Waals surface area contributed by atoms with Crippen molar-refractivity contribution in [2.45, 2.75) is 71.3 Å². The predicted molar refractivity (Wildman–Crippen MR) is 72.5 cm³/mol. The second-order valence-corrected chi connectivity index (χ2v) is 5.27. The summed E-state index contributed by atoms with van der Waals surface area (Å²) in [6.07, 6.45) is 9.04. The maximum absolute atomic E-state index is 11.5.